The third-order valence-corrected chi connectivity index (χ3v) is 5.97. The summed E-state index contributed by atoms with van der Waals surface area (Å²) in [6.07, 6.45) is 2.39. The van der Waals surface area contributed by atoms with Crippen LogP contribution in [0.25, 0.3) is 0 Å². The first kappa shape index (κ1) is 15.9. The van der Waals surface area contributed by atoms with Gasteiger partial charge in [0, 0.05) is 18.2 Å². The maximum absolute atomic E-state index is 12.5. The lowest BCUT2D eigenvalue weighted by atomic mass is 9.84. The van der Waals surface area contributed by atoms with E-state index in [0.717, 1.165) is 11.6 Å². The molecule has 0 aliphatic carbocycles. The molecule has 0 spiro atoms. The molecule has 2 aromatic rings. The van der Waals surface area contributed by atoms with Crippen LogP contribution in [0.3, 0.4) is 0 Å². The van der Waals surface area contributed by atoms with Crippen LogP contribution in [0.1, 0.15) is 23.2 Å². The van der Waals surface area contributed by atoms with Crippen LogP contribution in [0.15, 0.2) is 36.4 Å². The van der Waals surface area contributed by atoms with E-state index in [-0.39, 0.29) is 11.9 Å². The number of fused-ring (bicyclic) bond motifs is 3. The van der Waals surface area contributed by atoms with Crippen LogP contribution in [0.4, 0.5) is 0 Å². The molecule has 126 valence electrons. The maximum Gasteiger partial charge on any atom is 0.251 e. The van der Waals surface area contributed by atoms with E-state index < -0.39 is 0 Å². The number of hydrogen-bond acceptors (Lipinski definition) is 4. The predicted molar refractivity (Wildman–Crippen MR) is 96.3 cm³/mol. The molecular formula is C18H19ClN2O2S. The maximum atomic E-state index is 12.5. The van der Waals surface area contributed by atoms with E-state index in [2.05, 4.69) is 10.2 Å². The summed E-state index contributed by atoms with van der Waals surface area (Å²) < 4.78 is 6.41. The van der Waals surface area contributed by atoms with Gasteiger partial charge in [0.15, 0.2) is 5.06 Å². The topological polar surface area (TPSA) is 41.6 Å². The molecule has 3 fully saturated rings. The predicted octanol–water partition coefficient (Wildman–Crippen LogP) is 4.02. The number of thiophene rings is 1. The van der Waals surface area contributed by atoms with Gasteiger partial charge in [-0.3, -0.25) is 4.79 Å². The highest BCUT2D eigenvalue weighted by Crippen LogP contribution is 2.32. The summed E-state index contributed by atoms with van der Waals surface area (Å²) in [4.78, 5) is 14.9. The van der Waals surface area contributed by atoms with E-state index in [0.29, 0.717) is 21.6 Å². The second kappa shape index (κ2) is 6.75. The average Bonchev–Trinajstić information content (AvgIpc) is 3.01. The molecule has 4 heterocycles. The molecule has 2 bridgehead atoms. The van der Waals surface area contributed by atoms with E-state index in [1.165, 1.54) is 37.3 Å². The summed E-state index contributed by atoms with van der Waals surface area (Å²) in [5.74, 6) is 1.33. The first-order valence-corrected chi connectivity index (χ1v) is 9.43. The van der Waals surface area contributed by atoms with Gasteiger partial charge in [-0.05, 0) is 68.2 Å². The Morgan fingerprint density at radius 2 is 1.92 bits per heavy atom. The largest absolute Gasteiger partial charge is 0.447 e. The third kappa shape index (κ3) is 3.43. The zero-order chi connectivity index (χ0) is 16.5. The van der Waals surface area contributed by atoms with Crippen molar-refractivity contribution in [2.75, 3.05) is 19.6 Å². The lowest BCUT2D eigenvalue weighted by Crippen LogP contribution is -2.57. The smallest absolute Gasteiger partial charge is 0.251 e. The van der Waals surface area contributed by atoms with Crippen LogP contribution in [0, 0.1) is 5.92 Å². The van der Waals surface area contributed by atoms with Gasteiger partial charge in [-0.2, -0.15) is 0 Å². The molecule has 0 saturated carbocycles. The summed E-state index contributed by atoms with van der Waals surface area (Å²) in [5, 5.41) is 3.94. The molecule has 3 aliphatic heterocycles. The summed E-state index contributed by atoms with van der Waals surface area (Å²) >= 11 is 7.28. The highest BCUT2D eigenvalue weighted by molar-refractivity contribution is 7.17. The zero-order valence-electron chi connectivity index (χ0n) is 13.2. The van der Waals surface area contributed by atoms with Crippen molar-refractivity contribution in [3.8, 4) is 10.8 Å². The van der Waals surface area contributed by atoms with Crippen molar-refractivity contribution in [3.05, 3.63) is 46.3 Å². The SMILES string of the molecule is O=C(N[C@H]1CN2CCC1CC2)c1ccc(Oc2ccc(Cl)s2)cc1. The van der Waals surface area contributed by atoms with Crippen molar-refractivity contribution < 1.29 is 9.53 Å². The van der Waals surface area contributed by atoms with Crippen molar-refractivity contribution >= 4 is 28.8 Å². The number of ether oxygens (including phenoxy) is 1. The van der Waals surface area contributed by atoms with Gasteiger partial charge in [0.1, 0.15) is 5.75 Å². The van der Waals surface area contributed by atoms with Crippen LogP contribution in [0.2, 0.25) is 4.34 Å². The highest BCUT2D eigenvalue weighted by Gasteiger charge is 2.34. The molecule has 24 heavy (non-hydrogen) atoms. The van der Waals surface area contributed by atoms with Crippen molar-refractivity contribution in [2.45, 2.75) is 18.9 Å². The van der Waals surface area contributed by atoms with Gasteiger partial charge in [0.25, 0.3) is 5.91 Å². The molecule has 1 aromatic heterocycles. The summed E-state index contributed by atoms with van der Waals surface area (Å²) in [7, 11) is 0. The molecule has 3 aliphatic rings. The number of amides is 1. The Labute approximate surface area is 150 Å². The first-order valence-electron chi connectivity index (χ1n) is 8.24. The average molecular weight is 363 g/mol. The number of carbonyl (C=O) groups is 1. The number of benzene rings is 1. The number of piperidine rings is 3. The molecule has 1 atom stereocenters. The minimum absolute atomic E-state index is 0.000493. The standard InChI is InChI=1S/C18H19ClN2O2S/c19-16-5-6-17(24-16)23-14-3-1-13(2-4-14)18(22)20-15-11-21-9-7-12(15)8-10-21/h1-6,12,15H,7-11H2,(H,20,22)/t15-/m0/s1. The van der Waals surface area contributed by atoms with Gasteiger partial charge in [-0.25, -0.2) is 0 Å². The van der Waals surface area contributed by atoms with Gasteiger partial charge in [0.2, 0.25) is 0 Å². The fourth-order valence-corrected chi connectivity index (χ4v) is 4.42. The number of rotatable bonds is 4. The molecular weight excluding hydrogens is 344 g/mol. The minimum Gasteiger partial charge on any atom is -0.447 e. The Balaban J connectivity index is 1.38. The molecule has 0 radical (unpaired) electrons. The van der Waals surface area contributed by atoms with E-state index in [1.807, 2.05) is 18.2 Å². The van der Waals surface area contributed by atoms with Crippen LogP contribution >= 0.6 is 22.9 Å². The quantitative estimate of drug-likeness (QED) is 0.893. The molecule has 0 unspecified atom stereocenters. The number of hydrogen-bond donors (Lipinski definition) is 1. The summed E-state index contributed by atoms with van der Waals surface area (Å²) in [6, 6.07) is 11.2. The fraction of sp³-hybridized carbons (Fsp3) is 0.389. The third-order valence-electron chi connectivity index (χ3n) is 4.86. The van der Waals surface area contributed by atoms with Crippen molar-refractivity contribution in [1.82, 2.24) is 10.2 Å². The second-order valence-corrected chi connectivity index (χ2v) is 8.08. The number of nitrogens with one attached hydrogen (secondary N) is 1. The Hall–Kier alpha value is -1.56. The molecule has 5 rings (SSSR count). The molecule has 1 aromatic carbocycles. The molecule has 4 nitrogen and oxygen atoms in total. The first-order chi connectivity index (χ1) is 11.7. The van der Waals surface area contributed by atoms with Crippen molar-refractivity contribution in [2.24, 2.45) is 5.92 Å². The van der Waals surface area contributed by atoms with Gasteiger partial charge < -0.3 is 15.0 Å². The number of halogens is 1. The van der Waals surface area contributed by atoms with Crippen LogP contribution < -0.4 is 10.1 Å². The van der Waals surface area contributed by atoms with E-state index in [9.17, 15) is 4.79 Å². The molecule has 1 N–H and O–H groups in total. The van der Waals surface area contributed by atoms with Crippen molar-refractivity contribution in [1.29, 1.82) is 0 Å². The normalized spacial score (nSPS) is 25.5. The highest BCUT2D eigenvalue weighted by atomic mass is 35.5. The van der Waals surface area contributed by atoms with Gasteiger partial charge >= 0.3 is 0 Å². The molecule has 6 heteroatoms. The van der Waals surface area contributed by atoms with E-state index >= 15 is 0 Å². The number of nitrogens with zero attached hydrogens (tertiary/aromatic N) is 1. The fourth-order valence-electron chi connectivity index (χ4n) is 3.52. The molecule has 3 saturated heterocycles. The van der Waals surface area contributed by atoms with Crippen LogP contribution in [-0.2, 0) is 0 Å². The van der Waals surface area contributed by atoms with Crippen molar-refractivity contribution in [3.63, 3.8) is 0 Å². The molecule has 1 amide bonds. The van der Waals surface area contributed by atoms with E-state index in [1.54, 1.807) is 18.2 Å². The lowest BCUT2D eigenvalue weighted by Gasteiger charge is -2.44. The number of carbonyl (C=O) groups excluding carboxylic acids is 1. The Bertz CT molecular complexity index is 723. The van der Waals surface area contributed by atoms with Crippen LogP contribution in [-0.4, -0.2) is 36.5 Å². The van der Waals surface area contributed by atoms with Gasteiger partial charge in [-0.1, -0.05) is 22.9 Å². The van der Waals surface area contributed by atoms with Gasteiger partial charge in [0.05, 0.1) is 4.34 Å². The lowest BCUT2D eigenvalue weighted by molar-refractivity contribution is 0.0620. The van der Waals surface area contributed by atoms with Gasteiger partial charge in [-0.15, -0.1) is 0 Å². The second-order valence-electron chi connectivity index (χ2n) is 6.40. The minimum atomic E-state index is -0.000493. The Kier molecular flexibility index (Phi) is 4.48. The summed E-state index contributed by atoms with van der Waals surface area (Å²) in [6.45, 7) is 3.34. The van der Waals surface area contributed by atoms with Crippen LogP contribution in [0.5, 0.6) is 10.8 Å². The Morgan fingerprint density at radius 1 is 1.17 bits per heavy atom. The zero-order valence-corrected chi connectivity index (χ0v) is 14.8. The summed E-state index contributed by atoms with van der Waals surface area (Å²) in [5.41, 5.74) is 0.669. The Morgan fingerprint density at radius 3 is 2.50 bits per heavy atom. The van der Waals surface area contributed by atoms with E-state index in [4.69, 9.17) is 16.3 Å². The monoisotopic (exact) mass is 362 g/mol.